The molecule has 0 spiro atoms. The first kappa shape index (κ1) is 32.1. The molecule has 0 saturated heterocycles. The lowest BCUT2D eigenvalue weighted by Crippen LogP contribution is -2.55. The first-order chi connectivity index (χ1) is 17.9. The number of carbonyl (C=O) groups excluding carboxylic acids is 5. The molecule has 0 aliphatic carbocycles. The summed E-state index contributed by atoms with van der Waals surface area (Å²) in [6.45, 7) is -2.34. The molecule has 0 bridgehead atoms. The fourth-order valence-electron chi connectivity index (χ4n) is 3.13. The second-order valence-electron chi connectivity index (χ2n) is 8.22. The fourth-order valence-corrected chi connectivity index (χ4v) is 3.13. The van der Waals surface area contributed by atoms with Gasteiger partial charge in [0.25, 0.3) is 5.91 Å². The molecule has 1 aromatic rings. The molecule has 5 atom stereocenters. The van der Waals surface area contributed by atoms with Gasteiger partial charge < -0.3 is 51.2 Å². The van der Waals surface area contributed by atoms with Crippen molar-refractivity contribution in [1.82, 2.24) is 15.5 Å². The van der Waals surface area contributed by atoms with Crippen LogP contribution >= 0.6 is 0 Å². The van der Waals surface area contributed by atoms with Crippen molar-refractivity contribution in [3.8, 4) is 0 Å². The quantitative estimate of drug-likeness (QED) is 0.0950. The summed E-state index contributed by atoms with van der Waals surface area (Å²) < 4.78 is 5.34. The third-order valence-electron chi connectivity index (χ3n) is 5.28. The van der Waals surface area contributed by atoms with Gasteiger partial charge in [-0.15, -0.1) is 0 Å². The van der Waals surface area contributed by atoms with Crippen LogP contribution in [0.3, 0.4) is 0 Å². The van der Waals surface area contributed by atoms with Gasteiger partial charge in [-0.25, -0.2) is 0 Å². The summed E-state index contributed by atoms with van der Waals surface area (Å²) in [5.41, 5.74) is 5.33. The Morgan fingerprint density at radius 3 is 2.26 bits per heavy atom. The highest BCUT2D eigenvalue weighted by atomic mass is 16.5. The molecule has 1 rings (SSSR count). The zero-order valence-electron chi connectivity index (χ0n) is 20.6. The molecular formula is C23H32N4O11. The van der Waals surface area contributed by atoms with Crippen LogP contribution in [0.2, 0.25) is 0 Å². The van der Waals surface area contributed by atoms with Crippen molar-refractivity contribution in [2.75, 3.05) is 26.8 Å². The first-order valence-corrected chi connectivity index (χ1v) is 11.3. The Morgan fingerprint density at radius 2 is 1.74 bits per heavy atom. The number of carboxylic acids is 1. The zero-order chi connectivity index (χ0) is 28.8. The predicted octanol–water partition coefficient (Wildman–Crippen LogP) is -3.62. The van der Waals surface area contributed by atoms with Gasteiger partial charge in [0.15, 0.2) is 0 Å². The van der Waals surface area contributed by atoms with Gasteiger partial charge in [-0.3, -0.25) is 24.0 Å². The number of nitrogens with two attached hydrogens (primary N) is 1. The van der Waals surface area contributed by atoms with Gasteiger partial charge in [-0.05, 0) is 18.6 Å². The molecule has 0 radical (unpaired) electrons. The third kappa shape index (κ3) is 10.6. The number of carbonyl (C=O) groups is 6. The predicted molar refractivity (Wildman–Crippen MR) is 128 cm³/mol. The number of nitrogens with zero attached hydrogens (tertiary/aromatic N) is 1. The van der Waals surface area contributed by atoms with Crippen LogP contribution in [-0.4, -0.2) is 118 Å². The number of amides is 4. The molecule has 38 heavy (non-hydrogen) atoms. The summed E-state index contributed by atoms with van der Waals surface area (Å²) in [6.07, 6.45) is -5.83. The van der Waals surface area contributed by atoms with Gasteiger partial charge in [0.05, 0.1) is 13.2 Å². The summed E-state index contributed by atoms with van der Waals surface area (Å²) in [6, 6.07) is 4.90. The first-order valence-electron chi connectivity index (χ1n) is 11.3. The summed E-state index contributed by atoms with van der Waals surface area (Å²) in [5.74, 6) is -4.55. The van der Waals surface area contributed by atoms with Crippen LogP contribution in [-0.2, 0) is 28.7 Å². The van der Waals surface area contributed by atoms with Gasteiger partial charge in [-0.1, -0.05) is 18.2 Å². The molecule has 15 heteroatoms. The third-order valence-corrected chi connectivity index (χ3v) is 5.28. The number of rotatable bonds is 17. The number of likely N-dealkylation sites (N-methyl/N-ethyl adjacent to an activating group) is 1. The van der Waals surface area contributed by atoms with Gasteiger partial charge in [0, 0.05) is 19.0 Å². The van der Waals surface area contributed by atoms with E-state index in [1.165, 1.54) is 19.2 Å². The van der Waals surface area contributed by atoms with Crippen LogP contribution < -0.4 is 16.4 Å². The van der Waals surface area contributed by atoms with E-state index in [0.717, 1.165) is 4.90 Å². The highest BCUT2D eigenvalue weighted by Crippen LogP contribution is 2.11. The SMILES string of the molecule is CN(CC(=O)NC(CCC(=O)O)C(N)=O)C(=O)CO[C@@H]([C@H](O)[C@H](O)CO)[C@H](C=O)NC(=O)c1ccccc1. The Morgan fingerprint density at radius 1 is 1.11 bits per heavy atom. The van der Waals surface area contributed by atoms with E-state index in [0.29, 0.717) is 0 Å². The highest BCUT2D eigenvalue weighted by molar-refractivity contribution is 5.95. The van der Waals surface area contributed by atoms with Crippen molar-refractivity contribution in [2.45, 2.75) is 43.2 Å². The number of carboxylic acid groups (broad SMARTS) is 1. The van der Waals surface area contributed by atoms with Crippen molar-refractivity contribution in [1.29, 1.82) is 0 Å². The average Bonchev–Trinajstić information content (AvgIpc) is 2.89. The average molecular weight is 541 g/mol. The maximum Gasteiger partial charge on any atom is 0.303 e. The Bertz CT molecular complexity index is 975. The van der Waals surface area contributed by atoms with E-state index in [-0.39, 0.29) is 18.3 Å². The van der Waals surface area contributed by atoms with Crippen molar-refractivity contribution < 1.29 is 53.9 Å². The molecule has 0 heterocycles. The van der Waals surface area contributed by atoms with Crippen LogP contribution in [0.5, 0.6) is 0 Å². The lowest BCUT2D eigenvalue weighted by molar-refractivity contribution is -0.150. The molecule has 0 saturated carbocycles. The zero-order valence-corrected chi connectivity index (χ0v) is 20.6. The monoisotopic (exact) mass is 540 g/mol. The van der Waals surface area contributed by atoms with E-state index in [4.69, 9.17) is 15.6 Å². The maximum atomic E-state index is 12.5. The van der Waals surface area contributed by atoms with Crippen molar-refractivity contribution in [3.63, 3.8) is 0 Å². The van der Waals surface area contributed by atoms with Crippen LogP contribution in [0.25, 0.3) is 0 Å². The summed E-state index contributed by atoms with van der Waals surface area (Å²) in [5, 5.41) is 42.7. The molecule has 8 N–H and O–H groups in total. The number of aliphatic carboxylic acids is 1. The minimum atomic E-state index is -1.90. The van der Waals surface area contributed by atoms with Crippen LogP contribution in [0.4, 0.5) is 0 Å². The number of aliphatic hydroxyl groups excluding tert-OH is 3. The topological polar surface area (TPSA) is 246 Å². The van der Waals surface area contributed by atoms with E-state index in [2.05, 4.69) is 10.6 Å². The number of ether oxygens (including phenoxy) is 1. The van der Waals surface area contributed by atoms with Crippen molar-refractivity contribution >= 4 is 35.9 Å². The Hall–Kier alpha value is -3.92. The standard InChI is InChI=1S/C23H32N4O11/c1-27(9-17(31)25-14(22(24)36)7-8-19(33)34)18(32)12-38-21(20(35)16(30)11-29)15(10-28)26-23(37)13-5-3-2-4-6-13/h2-6,10,14-16,20-21,29-30,35H,7-9,11-12H2,1H3,(H2,24,36)(H,25,31)(H,26,37)(H,33,34)/t14?,15-,16+,20+,21+/m0/s1. The number of benzene rings is 1. The second-order valence-corrected chi connectivity index (χ2v) is 8.22. The smallest absolute Gasteiger partial charge is 0.303 e. The second kappa shape index (κ2) is 16.0. The summed E-state index contributed by atoms with van der Waals surface area (Å²) in [4.78, 5) is 71.9. The summed E-state index contributed by atoms with van der Waals surface area (Å²) in [7, 11) is 1.20. The molecular weight excluding hydrogens is 508 g/mol. The molecule has 210 valence electrons. The Labute approximate surface area is 217 Å². The van der Waals surface area contributed by atoms with Gasteiger partial charge in [0.2, 0.25) is 17.7 Å². The molecule has 1 aromatic carbocycles. The molecule has 15 nitrogen and oxygen atoms in total. The molecule has 0 aliphatic heterocycles. The highest BCUT2D eigenvalue weighted by Gasteiger charge is 2.35. The lowest BCUT2D eigenvalue weighted by Gasteiger charge is -2.31. The minimum absolute atomic E-state index is 0.176. The number of nitrogens with one attached hydrogen (secondary N) is 2. The van der Waals surface area contributed by atoms with E-state index in [9.17, 15) is 44.1 Å². The number of aldehydes is 1. The Balaban J connectivity index is 2.85. The van der Waals surface area contributed by atoms with Crippen LogP contribution in [0, 0.1) is 0 Å². The molecule has 0 aliphatic rings. The molecule has 1 unspecified atom stereocenters. The van der Waals surface area contributed by atoms with Gasteiger partial charge in [-0.2, -0.15) is 0 Å². The van der Waals surface area contributed by atoms with Crippen LogP contribution in [0.1, 0.15) is 23.2 Å². The normalized spacial score (nSPS) is 14.7. The maximum absolute atomic E-state index is 12.5. The minimum Gasteiger partial charge on any atom is -0.481 e. The van der Waals surface area contributed by atoms with Crippen molar-refractivity contribution in [3.05, 3.63) is 35.9 Å². The molecule has 4 amide bonds. The van der Waals surface area contributed by atoms with Crippen LogP contribution in [0.15, 0.2) is 30.3 Å². The summed E-state index contributed by atoms with van der Waals surface area (Å²) >= 11 is 0. The molecule has 0 aromatic heterocycles. The molecule has 0 fully saturated rings. The lowest BCUT2D eigenvalue weighted by atomic mass is 10.0. The van der Waals surface area contributed by atoms with E-state index in [1.807, 2.05) is 0 Å². The van der Waals surface area contributed by atoms with E-state index in [1.54, 1.807) is 18.2 Å². The fraction of sp³-hybridized carbons (Fsp3) is 0.478. The van der Waals surface area contributed by atoms with Gasteiger partial charge >= 0.3 is 5.97 Å². The Kier molecular flexibility index (Phi) is 13.5. The number of aliphatic hydroxyl groups is 3. The number of primary amides is 1. The van der Waals surface area contributed by atoms with E-state index >= 15 is 0 Å². The van der Waals surface area contributed by atoms with Gasteiger partial charge in [0.1, 0.15) is 43.3 Å². The van der Waals surface area contributed by atoms with Crippen molar-refractivity contribution in [2.24, 2.45) is 5.73 Å². The number of hydrogen-bond donors (Lipinski definition) is 7. The van der Waals surface area contributed by atoms with E-state index < -0.39 is 86.2 Å². The number of hydrogen-bond acceptors (Lipinski definition) is 10. The largest absolute Gasteiger partial charge is 0.481 e.